The van der Waals surface area contributed by atoms with Crippen LogP contribution >= 0.6 is 11.6 Å². The molecule has 0 spiro atoms. The van der Waals surface area contributed by atoms with E-state index in [4.69, 9.17) is 16.3 Å². The summed E-state index contributed by atoms with van der Waals surface area (Å²) in [6.07, 6.45) is 1.38. The van der Waals surface area contributed by atoms with E-state index in [1.807, 2.05) is 0 Å². The van der Waals surface area contributed by atoms with Gasteiger partial charge in [-0.1, -0.05) is 11.6 Å². The first-order valence-corrected chi connectivity index (χ1v) is 8.43. The van der Waals surface area contributed by atoms with Crippen LogP contribution in [0.3, 0.4) is 0 Å². The van der Waals surface area contributed by atoms with Crippen LogP contribution in [0.2, 0.25) is 5.15 Å². The molecule has 1 aliphatic heterocycles. The van der Waals surface area contributed by atoms with Crippen molar-refractivity contribution in [2.75, 3.05) is 13.2 Å². The molecule has 5 rings (SSSR count). The summed E-state index contributed by atoms with van der Waals surface area (Å²) in [5.74, 6) is -3.34. The van der Waals surface area contributed by atoms with Crippen LogP contribution in [0.4, 0.5) is 13.2 Å². The molecule has 1 atom stereocenters. The lowest BCUT2D eigenvalue weighted by molar-refractivity contribution is 0.192. The topological polar surface area (TPSA) is 61.9 Å². The normalized spacial score (nSPS) is 18.4. The van der Waals surface area contributed by atoms with Gasteiger partial charge in [0, 0.05) is 5.56 Å². The Hall–Kier alpha value is -2.65. The number of fused-ring (bicyclic) bond motifs is 2. The Morgan fingerprint density at radius 2 is 2.04 bits per heavy atom. The van der Waals surface area contributed by atoms with Crippen molar-refractivity contribution < 1.29 is 17.9 Å². The lowest BCUT2D eigenvalue weighted by Crippen LogP contribution is -2.21. The molecule has 0 unspecified atom stereocenters. The molecule has 1 aromatic carbocycles. The van der Waals surface area contributed by atoms with Crippen LogP contribution in [-0.4, -0.2) is 32.8 Å². The first-order valence-electron chi connectivity index (χ1n) is 8.05. The first kappa shape index (κ1) is 16.5. The fourth-order valence-corrected chi connectivity index (χ4v) is 3.60. The Labute approximate surface area is 154 Å². The van der Waals surface area contributed by atoms with Gasteiger partial charge in [0.05, 0.1) is 43.0 Å². The summed E-state index contributed by atoms with van der Waals surface area (Å²) >= 11 is 6.21. The van der Waals surface area contributed by atoms with Crippen molar-refractivity contribution in [2.45, 2.75) is 6.54 Å². The fraction of sp³-hybridized carbons (Fsp3) is 0.235. The second kappa shape index (κ2) is 5.67. The Morgan fingerprint density at radius 3 is 2.78 bits per heavy atom. The molecule has 0 N–H and O–H groups in total. The molecule has 2 aromatic heterocycles. The van der Waals surface area contributed by atoms with Crippen LogP contribution < -0.4 is 5.56 Å². The average Bonchev–Trinajstić information content (AvgIpc) is 2.98. The third-order valence-electron chi connectivity index (χ3n) is 4.84. The summed E-state index contributed by atoms with van der Waals surface area (Å²) in [6, 6.07) is 1.52. The van der Waals surface area contributed by atoms with Gasteiger partial charge in [0.15, 0.2) is 17.2 Å². The minimum atomic E-state index is -1.32. The highest BCUT2D eigenvalue weighted by Gasteiger charge is 2.44. The molecule has 3 heterocycles. The number of halogens is 4. The van der Waals surface area contributed by atoms with E-state index in [9.17, 15) is 18.0 Å². The van der Waals surface area contributed by atoms with Crippen molar-refractivity contribution in [1.82, 2.24) is 19.6 Å². The van der Waals surface area contributed by atoms with Gasteiger partial charge >= 0.3 is 0 Å². The highest BCUT2D eigenvalue weighted by Crippen LogP contribution is 2.46. The predicted octanol–water partition coefficient (Wildman–Crippen LogP) is 2.58. The van der Waals surface area contributed by atoms with Gasteiger partial charge in [-0.05, 0) is 17.7 Å². The van der Waals surface area contributed by atoms with E-state index in [0.717, 1.165) is 22.0 Å². The molecule has 6 nitrogen and oxygen atoms in total. The zero-order chi connectivity index (χ0) is 18.9. The summed E-state index contributed by atoms with van der Waals surface area (Å²) in [5, 5.41) is 8.45. The van der Waals surface area contributed by atoms with Crippen LogP contribution in [0.5, 0.6) is 0 Å². The number of nitrogens with zero attached hydrogens (tertiary/aromatic N) is 4. The van der Waals surface area contributed by atoms with E-state index in [2.05, 4.69) is 10.2 Å². The van der Waals surface area contributed by atoms with Crippen molar-refractivity contribution in [2.24, 2.45) is 5.92 Å². The summed E-state index contributed by atoms with van der Waals surface area (Å²) in [4.78, 5) is 12.7. The zero-order valence-electron chi connectivity index (χ0n) is 13.5. The van der Waals surface area contributed by atoms with Gasteiger partial charge in [-0.15, -0.1) is 0 Å². The maximum absolute atomic E-state index is 13.9. The molecule has 0 bridgehead atoms. The highest BCUT2D eigenvalue weighted by molar-refractivity contribution is 6.34. The van der Waals surface area contributed by atoms with Gasteiger partial charge in [0.1, 0.15) is 11.0 Å². The van der Waals surface area contributed by atoms with E-state index in [-0.39, 0.29) is 22.0 Å². The monoisotopic (exact) mass is 394 g/mol. The molecule has 0 radical (unpaired) electrons. The fourth-order valence-electron chi connectivity index (χ4n) is 3.37. The lowest BCUT2D eigenvalue weighted by atomic mass is 10.2. The van der Waals surface area contributed by atoms with Gasteiger partial charge in [-0.3, -0.25) is 4.79 Å². The van der Waals surface area contributed by atoms with Crippen molar-refractivity contribution in [1.29, 1.82) is 0 Å². The number of rotatable bonds is 3. The summed E-state index contributed by atoms with van der Waals surface area (Å²) in [7, 11) is 0. The smallest absolute Gasteiger partial charge is 0.299 e. The summed E-state index contributed by atoms with van der Waals surface area (Å²) in [5.41, 5.74) is 0.827. The maximum Gasteiger partial charge on any atom is 0.299 e. The molecule has 1 aliphatic carbocycles. The molecule has 0 amide bonds. The second-order valence-corrected chi connectivity index (χ2v) is 6.73. The quantitative estimate of drug-likeness (QED) is 0.641. The first-order chi connectivity index (χ1) is 13.0. The van der Waals surface area contributed by atoms with Crippen molar-refractivity contribution in [3.05, 3.63) is 62.4 Å². The second-order valence-electron chi connectivity index (χ2n) is 6.37. The van der Waals surface area contributed by atoms with Gasteiger partial charge in [-0.25, -0.2) is 17.9 Å². The average molecular weight is 395 g/mol. The molecular formula is C17H10ClF3N4O2. The summed E-state index contributed by atoms with van der Waals surface area (Å²) in [6.45, 7) is 0.524. The van der Waals surface area contributed by atoms with E-state index in [0.29, 0.717) is 19.3 Å². The Kier molecular flexibility index (Phi) is 3.47. The molecule has 3 aromatic rings. The van der Waals surface area contributed by atoms with Crippen LogP contribution in [-0.2, 0) is 11.3 Å². The van der Waals surface area contributed by atoms with Crippen LogP contribution in [0, 0.1) is 23.4 Å². The largest absolute Gasteiger partial charge is 0.376 e. The molecule has 10 heteroatoms. The standard InChI is InChI=1S/C17H10ClF3N4O2/c18-16-7-3-22-25(15-9-5-27-6-10(9)15)17(26)14(7)23-24(16)4-8-11(19)1-2-12(20)13(8)21/h1-3,9H,4-6H2/t9-/m1/s1. The Balaban J connectivity index is 1.60. The molecule has 27 heavy (non-hydrogen) atoms. The van der Waals surface area contributed by atoms with E-state index >= 15 is 0 Å². The Bertz CT molecular complexity index is 1220. The van der Waals surface area contributed by atoms with Crippen molar-refractivity contribution in [3.63, 3.8) is 0 Å². The number of ether oxygens (including phenoxy) is 1. The number of aromatic nitrogens is 4. The third-order valence-corrected chi connectivity index (χ3v) is 5.23. The Morgan fingerprint density at radius 1 is 1.26 bits per heavy atom. The molecular weight excluding hydrogens is 385 g/mol. The zero-order valence-corrected chi connectivity index (χ0v) is 14.3. The van der Waals surface area contributed by atoms with Crippen LogP contribution in [0.25, 0.3) is 16.6 Å². The minimum absolute atomic E-state index is 0.0122. The van der Waals surface area contributed by atoms with Crippen LogP contribution in [0.15, 0.2) is 28.7 Å². The molecule has 2 aliphatic rings. The van der Waals surface area contributed by atoms with Crippen LogP contribution in [0.1, 0.15) is 5.56 Å². The third kappa shape index (κ3) is 2.35. The van der Waals surface area contributed by atoms with Crippen molar-refractivity contribution >= 4 is 28.2 Å². The van der Waals surface area contributed by atoms with Gasteiger partial charge in [0.2, 0.25) is 0 Å². The van der Waals surface area contributed by atoms with E-state index in [1.165, 1.54) is 10.9 Å². The molecule has 0 saturated carbocycles. The number of benzene rings is 1. The summed E-state index contributed by atoms with van der Waals surface area (Å²) < 4.78 is 48.8. The number of hydrogen-bond donors (Lipinski definition) is 0. The van der Waals surface area contributed by atoms with Gasteiger partial charge < -0.3 is 4.74 Å². The SMILES string of the molecule is O=c1c2nn(Cc3c(F)ccc(F)c3F)c(Cl)c2cnn1C1=C2COC[C@H]21. The maximum atomic E-state index is 13.9. The van der Waals surface area contributed by atoms with E-state index < -0.39 is 35.1 Å². The minimum Gasteiger partial charge on any atom is -0.376 e. The lowest BCUT2D eigenvalue weighted by Gasteiger charge is -2.06. The van der Waals surface area contributed by atoms with E-state index in [1.54, 1.807) is 0 Å². The highest BCUT2D eigenvalue weighted by atomic mass is 35.5. The molecule has 1 saturated heterocycles. The van der Waals surface area contributed by atoms with Crippen molar-refractivity contribution in [3.8, 4) is 0 Å². The molecule has 138 valence electrons. The predicted molar refractivity (Wildman–Crippen MR) is 89.7 cm³/mol. The molecule has 1 fully saturated rings. The number of hydrogen-bond acceptors (Lipinski definition) is 4. The van der Waals surface area contributed by atoms with Gasteiger partial charge in [-0.2, -0.15) is 14.9 Å². The van der Waals surface area contributed by atoms with Gasteiger partial charge in [0.25, 0.3) is 5.56 Å².